The molecule has 0 aromatic carbocycles. The highest BCUT2D eigenvalue weighted by Gasteiger charge is 2.58. The number of halogens is 2. The van der Waals surface area contributed by atoms with Gasteiger partial charge in [-0.1, -0.05) is 57.4 Å². The van der Waals surface area contributed by atoms with Gasteiger partial charge >= 0.3 is 0 Å². The molecule has 0 spiro atoms. The van der Waals surface area contributed by atoms with Crippen molar-refractivity contribution in [1.82, 2.24) is 0 Å². The summed E-state index contributed by atoms with van der Waals surface area (Å²) < 4.78 is 0. The van der Waals surface area contributed by atoms with Crippen molar-refractivity contribution in [2.75, 3.05) is 0 Å². The molecule has 0 aliphatic carbocycles. The Labute approximate surface area is 124 Å². The molecule has 1 atom stereocenters. The first kappa shape index (κ1) is 16.5. The zero-order valence-corrected chi connectivity index (χ0v) is 16.3. The Bertz CT molecular complexity index is 395. The lowest BCUT2D eigenvalue weighted by atomic mass is 9.87. The molecule has 0 bridgehead atoms. The molecule has 1 unspecified atom stereocenters. The minimum absolute atomic E-state index is 0.262. The van der Waals surface area contributed by atoms with Crippen LogP contribution >= 0.6 is 22.2 Å². The lowest BCUT2D eigenvalue weighted by molar-refractivity contribution is 0.374. The molecule has 0 aromatic rings. The number of rotatable bonds is 3. The average Bonchev–Trinajstić information content (AvgIpc) is 2.06. The van der Waals surface area contributed by atoms with Crippen molar-refractivity contribution in [2.45, 2.75) is 59.3 Å². The number of hydrogen-bond donors (Lipinski definition) is 0. The van der Waals surface area contributed by atoms with Gasteiger partial charge < -0.3 is 0 Å². The fourth-order valence-corrected chi connectivity index (χ4v) is 18.1. The van der Waals surface area contributed by atoms with Crippen LogP contribution in [0.3, 0.4) is 0 Å². The third-order valence-electron chi connectivity index (χ3n) is 3.42. The molecule has 4 heteroatoms. The van der Waals surface area contributed by atoms with E-state index in [0.717, 1.165) is 6.42 Å². The Balaban J connectivity index is 3.25. The zero-order chi connectivity index (χ0) is 14.5. The molecule has 0 nitrogen and oxygen atoms in total. The van der Waals surface area contributed by atoms with E-state index in [0.29, 0.717) is 5.54 Å². The minimum Gasteiger partial charge on any atom is -0.140 e. The van der Waals surface area contributed by atoms with Crippen LogP contribution in [0.2, 0.25) is 25.2 Å². The van der Waals surface area contributed by atoms with E-state index in [1.54, 1.807) is 0 Å². The second-order valence-corrected chi connectivity index (χ2v) is 19.9. The maximum atomic E-state index is 6.81. The summed E-state index contributed by atoms with van der Waals surface area (Å²) in [5, 5.41) is 0. The van der Waals surface area contributed by atoms with Gasteiger partial charge in [0, 0.05) is 5.54 Å². The second kappa shape index (κ2) is 4.80. The van der Waals surface area contributed by atoms with Crippen molar-refractivity contribution in [3.05, 3.63) is 22.5 Å². The van der Waals surface area contributed by atoms with Crippen molar-refractivity contribution in [3.8, 4) is 0 Å². The summed E-state index contributed by atoms with van der Waals surface area (Å²) in [5.74, 6) is 0. The third kappa shape index (κ3) is 3.14. The first-order chi connectivity index (χ1) is 7.78. The Morgan fingerprint density at radius 1 is 1.28 bits per heavy atom. The van der Waals surface area contributed by atoms with Crippen LogP contribution in [0.25, 0.3) is 0 Å². The van der Waals surface area contributed by atoms with E-state index in [9.17, 15) is 0 Å². The Kier molecular flexibility index (Phi) is 4.41. The van der Waals surface area contributed by atoms with Crippen molar-refractivity contribution in [2.24, 2.45) is 5.41 Å². The molecular weight excluding hydrogens is 295 g/mol. The summed E-state index contributed by atoms with van der Waals surface area (Å²) in [6.07, 6.45) is 1.07. The second-order valence-electron chi connectivity index (χ2n) is 7.76. The molecule has 1 aliphatic heterocycles. The predicted octanol–water partition coefficient (Wildman–Crippen LogP) is 6.02. The predicted molar refractivity (Wildman–Crippen MR) is 90.5 cm³/mol. The molecule has 0 saturated heterocycles. The molecule has 104 valence electrons. The van der Waals surface area contributed by atoms with Gasteiger partial charge in [-0.2, -0.15) is 0 Å². The van der Waals surface area contributed by atoms with E-state index < -0.39 is 14.8 Å². The highest BCUT2D eigenvalue weighted by molar-refractivity contribution is 7.54. The topological polar surface area (TPSA) is 0 Å². The van der Waals surface area contributed by atoms with E-state index in [-0.39, 0.29) is 5.41 Å². The summed E-state index contributed by atoms with van der Waals surface area (Å²) in [6.45, 7) is 17.8. The highest BCUT2D eigenvalue weighted by Crippen LogP contribution is 2.60. The molecule has 1 rings (SSSR count). The highest BCUT2D eigenvalue weighted by atomic mass is 35.7. The van der Waals surface area contributed by atoms with Crippen molar-refractivity contribution in [1.29, 1.82) is 0 Å². The molecule has 0 amide bonds. The Morgan fingerprint density at radius 3 is 2.00 bits per heavy atom. The van der Waals surface area contributed by atoms with Crippen LogP contribution in [-0.4, -0.2) is 14.8 Å². The molecule has 0 saturated carbocycles. The zero-order valence-electron chi connectivity index (χ0n) is 12.7. The maximum absolute atomic E-state index is 6.81. The molecule has 1 heterocycles. The van der Waals surface area contributed by atoms with Gasteiger partial charge in [-0.3, -0.25) is 0 Å². The molecule has 1 aliphatic rings. The van der Waals surface area contributed by atoms with Crippen molar-refractivity contribution < 1.29 is 0 Å². The smallest absolute Gasteiger partial charge is 0.140 e. The van der Waals surface area contributed by atoms with Crippen molar-refractivity contribution in [3.63, 3.8) is 0 Å². The molecule has 18 heavy (non-hydrogen) atoms. The van der Waals surface area contributed by atoms with Crippen LogP contribution in [0.5, 0.6) is 0 Å². The van der Waals surface area contributed by atoms with Crippen LogP contribution in [0, 0.1) is 5.41 Å². The molecular formula is C14H26Cl2Si2. The Morgan fingerprint density at radius 2 is 1.72 bits per heavy atom. The van der Waals surface area contributed by atoms with E-state index in [1.165, 1.54) is 16.0 Å². The standard InChI is InChI=1S/C14H26Cl2Si2/c1-10(2)12-11(9-14(3,4)5)18(15,16)13(12)17(6,7)8/h11H,1,9H2,2-8H3. The van der Waals surface area contributed by atoms with Crippen LogP contribution in [-0.2, 0) is 0 Å². The van der Waals surface area contributed by atoms with E-state index in [4.69, 9.17) is 22.2 Å². The first-order valence-corrected chi connectivity index (χ1v) is 14.2. The molecule has 0 aromatic heterocycles. The van der Waals surface area contributed by atoms with Gasteiger partial charge in [-0.15, -0.1) is 22.2 Å². The summed E-state index contributed by atoms with van der Waals surface area (Å²) in [6, 6.07) is 0. The summed E-state index contributed by atoms with van der Waals surface area (Å²) in [5.41, 5.74) is 3.23. The van der Waals surface area contributed by atoms with Gasteiger partial charge in [0.1, 0.15) is 0 Å². The van der Waals surface area contributed by atoms with E-state index in [2.05, 4.69) is 53.9 Å². The summed E-state index contributed by atoms with van der Waals surface area (Å²) >= 11 is 13.6. The fraction of sp³-hybridized carbons (Fsp3) is 0.714. The van der Waals surface area contributed by atoms with Gasteiger partial charge in [0.05, 0.1) is 8.07 Å². The van der Waals surface area contributed by atoms with Gasteiger partial charge in [-0.05, 0) is 24.3 Å². The third-order valence-corrected chi connectivity index (χ3v) is 14.6. The monoisotopic (exact) mass is 320 g/mol. The average molecular weight is 321 g/mol. The number of hydrogen-bond acceptors (Lipinski definition) is 0. The SMILES string of the molecule is C=C(C)C1=C([Si](C)(C)C)[Si](Cl)(Cl)C1CC(C)(C)C. The van der Waals surface area contributed by atoms with Crippen LogP contribution in [0.15, 0.2) is 22.5 Å². The maximum Gasteiger partial charge on any atom is 0.280 e. The van der Waals surface area contributed by atoms with Crippen molar-refractivity contribution >= 4 is 36.9 Å². The minimum atomic E-state index is -2.26. The van der Waals surface area contributed by atoms with Gasteiger partial charge in [0.25, 0.3) is 6.69 Å². The van der Waals surface area contributed by atoms with Gasteiger partial charge in [0.2, 0.25) is 0 Å². The molecule has 0 fully saturated rings. The lowest BCUT2D eigenvalue weighted by Gasteiger charge is -2.50. The fourth-order valence-electron chi connectivity index (χ4n) is 2.89. The summed E-state index contributed by atoms with van der Waals surface area (Å²) in [4.78, 5) is 1.43. The molecule has 0 radical (unpaired) electrons. The normalized spacial score (nSPS) is 23.9. The van der Waals surface area contributed by atoms with Gasteiger partial charge in [0.15, 0.2) is 0 Å². The number of allylic oxidation sites excluding steroid dienone is 2. The van der Waals surface area contributed by atoms with E-state index in [1.807, 2.05) is 0 Å². The van der Waals surface area contributed by atoms with Crippen LogP contribution in [0.1, 0.15) is 34.1 Å². The van der Waals surface area contributed by atoms with Crippen LogP contribution < -0.4 is 0 Å². The van der Waals surface area contributed by atoms with E-state index >= 15 is 0 Å². The first-order valence-electron chi connectivity index (χ1n) is 6.57. The van der Waals surface area contributed by atoms with Crippen LogP contribution in [0.4, 0.5) is 0 Å². The molecule has 0 N–H and O–H groups in total. The summed E-state index contributed by atoms with van der Waals surface area (Å²) in [7, 11) is -1.44. The lowest BCUT2D eigenvalue weighted by Crippen LogP contribution is -2.53. The van der Waals surface area contributed by atoms with Gasteiger partial charge in [-0.25, -0.2) is 0 Å². The Hall–Kier alpha value is 0.494. The largest absolute Gasteiger partial charge is 0.280 e. The quantitative estimate of drug-likeness (QED) is 0.441.